The van der Waals surface area contributed by atoms with Crippen molar-refractivity contribution in [3.8, 4) is 0 Å². The first kappa shape index (κ1) is 19.9. The van der Waals surface area contributed by atoms with Crippen molar-refractivity contribution >= 4 is 5.97 Å². The second-order valence-corrected chi connectivity index (χ2v) is 7.70. The largest absolute Gasteiger partial charge is 0.550 e. The molecule has 0 spiro atoms. The SMILES string of the molecule is O=C([O-])C[C@]1(O)CCC[C@H](CCC(O)CCCCc2ccccc2)C1. The zero-order chi connectivity index (χ0) is 18.1. The van der Waals surface area contributed by atoms with Gasteiger partial charge in [0.1, 0.15) is 0 Å². The number of carboxylic acid groups (broad SMARTS) is 1. The molecule has 140 valence electrons. The lowest BCUT2D eigenvalue weighted by Crippen LogP contribution is -2.41. The Bertz CT molecular complexity index is 516. The van der Waals surface area contributed by atoms with E-state index in [-0.39, 0.29) is 12.5 Å². The maximum Gasteiger partial charge on any atom is 0.0702 e. The lowest BCUT2D eigenvalue weighted by Gasteiger charge is -2.37. The lowest BCUT2D eigenvalue weighted by atomic mass is 9.74. The predicted octanol–water partition coefficient (Wildman–Crippen LogP) is 2.60. The molecule has 1 unspecified atom stereocenters. The number of unbranched alkanes of at least 4 members (excludes halogenated alkanes) is 1. The van der Waals surface area contributed by atoms with E-state index in [1.165, 1.54) is 5.56 Å². The molecule has 4 heteroatoms. The maximum absolute atomic E-state index is 10.8. The molecule has 0 amide bonds. The van der Waals surface area contributed by atoms with Crippen LogP contribution in [0.15, 0.2) is 30.3 Å². The Morgan fingerprint density at radius 3 is 2.72 bits per heavy atom. The molecule has 3 atom stereocenters. The van der Waals surface area contributed by atoms with Gasteiger partial charge in [0.15, 0.2) is 0 Å². The summed E-state index contributed by atoms with van der Waals surface area (Å²) in [5.41, 5.74) is 0.231. The number of aliphatic hydroxyl groups excluding tert-OH is 1. The number of aryl methyl sites for hydroxylation is 1. The molecule has 1 aliphatic carbocycles. The third-order valence-electron chi connectivity index (χ3n) is 5.40. The van der Waals surface area contributed by atoms with Gasteiger partial charge in [-0.15, -0.1) is 0 Å². The second-order valence-electron chi connectivity index (χ2n) is 7.70. The van der Waals surface area contributed by atoms with E-state index >= 15 is 0 Å². The van der Waals surface area contributed by atoms with E-state index < -0.39 is 11.6 Å². The van der Waals surface area contributed by atoms with Gasteiger partial charge >= 0.3 is 0 Å². The van der Waals surface area contributed by atoms with Crippen molar-refractivity contribution in [2.24, 2.45) is 5.92 Å². The van der Waals surface area contributed by atoms with Crippen molar-refractivity contribution in [1.82, 2.24) is 0 Å². The summed E-state index contributed by atoms with van der Waals surface area (Å²) < 4.78 is 0. The van der Waals surface area contributed by atoms with E-state index in [0.29, 0.717) is 18.8 Å². The van der Waals surface area contributed by atoms with Crippen LogP contribution in [0, 0.1) is 5.92 Å². The van der Waals surface area contributed by atoms with E-state index in [0.717, 1.165) is 51.4 Å². The Labute approximate surface area is 150 Å². The van der Waals surface area contributed by atoms with Crippen LogP contribution in [0.1, 0.15) is 69.8 Å². The number of aliphatic hydroxyl groups is 2. The third kappa shape index (κ3) is 7.57. The van der Waals surface area contributed by atoms with Crippen LogP contribution in [-0.4, -0.2) is 27.9 Å². The van der Waals surface area contributed by atoms with Crippen LogP contribution in [0.25, 0.3) is 0 Å². The summed E-state index contributed by atoms with van der Waals surface area (Å²) in [7, 11) is 0. The van der Waals surface area contributed by atoms with E-state index in [2.05, 4.69) is 24.3 Å². The highest BCUT2D eigenvalue weighted by molar-refractivity contribution is 5.65. The van der Waals surface area contributed by atoms with Gasteiger partial charge in [-0.25, -0.2) is 0 Å². The molecule has 0 radical (unpaired) electrons. The van der Waals surface area contributed by atoms with Gasteiger partial charge in [-0.3, -0.25) is 0 Å². The van der Waals surface area contributed by atoms with Gasteiger partial charge in [0, 0.05) is 12.4 Å². The molecule has 1 aliphatic rings. The van der Waals surface area contributed by atoms with Crippen molar-refractivity contribution in [3.63, 3.8) is 0 Å². The highest BCUT2D eigenvalue weighted by Crippen LogP contribution is 2.37. The number of hydrogen-bond donors (Lipinski definition) is 2. The number of carbonyl (C=O) groups excluding carboxylic acids is 1. The van der Waals surface area contributed by atoms with Gasteiger partial charge in [-0.2, -0.15) is 0 Å². The van der Waals surface area contributed by atoms with Crippen molar-refractivity contribution in [2.75, 3.05) is 0 Å². The first-order chi connectivity index (χ1) is 12.0. The third-order valence-corrected chi connectivity index (χ3v) is 5.40. The number of benzene rings is 1. The number of aliphatic carboxylic acids is 1. The van der Waals surface area contributed by atoms with E-state index in [1.807, 2.05) is 6.07 Å². The Morgan fingerprint density at radius 1 is 1.24 bits per heavy atom. The summed E-state index contributed by atoms with van der Waals surface area (Å²) in [6, 6.07) is 10.4. The molecule has 25 heavy (non-hydrogen) atoms. The number of rotatable bonds is 10. The number of hydrogen-bond acceptors (Lipinski definition) is 4. The van der Waals surface area contributed by atoms with Crippen LogP contribution in [0.3, 0.4) is 0 Å². The first-order valence-corrected chi connectivity index (χ1v) is 9.61. The van der Waals surface area contributed by atoms with Crippen LogP contribution >= 0.6 is 0 Å². The molecule has 2 N–H and O–H groups in total. The van der Waals surface area contributed by atoms with E-state index in [1.54, 1.807) is 0 Å². The van der Waals surface area contributed by atoms with Crippen LogP contribution in [-0.2, 0) is 11.2 Å². The van der Waals surface area contributed by atoms with Gasteiger partial charge in [-0.1, -0.05) is 49.6 Å². The molecule has 0 aliphatic heterocycles. The summed E-state index contributed by atoms with van der Waals surface area (Å²) in [4.78, 5) is 10.8. The molecular weight excluding hydrogens is 316 g/mol. The predicted molar refractivity (Wildman–Crippen MR) is 95.8 cm³/mol. The molecule has 1 aromatic carbocycles. The van der Waals surface area contributed by atoms with E-state index in [4.69, 9.17) is 0 Å². The highest BCUT2D eigenvalue weighted by Gasteiger charge is 2.34. The van der Waals surface area contributed by atoms with Crippen molar-refractivity contribution in [3.05, 3.63) is 35.9 Å². The molecule has 1 fully saturated rings. The standard InChI is InChI=1S/C21H32O4/c22-19(11-5-4-9-17-7-2-1-3-8-17)13-12-18-10-6-14-21(25,15-18)16-20(23)24/h1-3,7-8,18-19,22,25H,4-6,9-16H2,(H,23,24)/p-1/t18-,19?,21+/m1/s1. The van der Waals surface area contributed by atoms with Crippen LogP contribution < -0.4 is 5.11 Å². The monoisotopic (exact) mass is 347 g/mol. The number of carboxylic acids is 1. The molecule has 0 heterocycles. The molecule has 0 aromatic heterocycles. The Kier molecular flexibility index (Phi) is 7.91. The average Bonchev–Trinajstić information content (AvgIpc) is 2.57. The molecular formula is C21H31O4-. The van der Waals surface area contributed by atoms with Gasteiger partial charge < -0.3 is 20.1 Å². The highest BCUT2D eigenvalue weighted by atomic mass is 16.4. The minimum absolute atomic E-state index is 0.272. The zero-order valence-corrected chi connectivity index (χ0v) is 15.0. The zero-order valence-electron chi connectivity index (χ0n) is 15.0. The molecule has 1 saturated carbocycles. The minimum atomic E-state index is -1.18. The fourth-order valence-corrected chi connectivity index (χ4v) is 4.06. The fourth-order valence-electron chi connectivity index (χ4n) is 4.06. The van der Waals surface area contributed by atoms with Crippen LogP contribution in [0.2, 0.25) is 0 Å². The summed E-state index contributed by atoms with van der Waals surface area (Å²) in [6.07, 6.45) is 7.88. The van der Waals surface area contributed by atoms with Crippen molar-refractivity contribution in [1.29, 1.82) is 0 Å². The van der Waals surface area contributed by atoms with Crippen LogP contribution in [0.4, 0.5) is 0 Å². The Morgan fingerprint density at radius 2 is 2.00 bits per heavy atom. The topological polar surface area (TPSA) is 80.6 Å². The minimum Gasteiger partial charge on any atom is -0.550 e. The average molecular weight is 347 g/mol. The fraction of sp³-hybridized carbons (Fsp3) is 0.667. The smallest absolute Gasteiger partial charge is 0.0702 e. The summed E-state index contributed by atoms with van der Waals surface area (Å²) >= 11 is 0. The second kappa shape index (κ2) is 9.93. The van der Waals surface area contributed by atoms with Crippen LogP contribution in [0.5, 0.6) is 0 Å². The maximum atomic E-state index is 10.8. The molecule has 4 nitrogen and oxygen atoms in total. The van der Waals surface area contributed by atoms with Gasteiger partial charge in [0.25, 0.3) is 0 Å². The van der Waals surface area contributed by atoms with Crippen molar-refractivity contribution < 1.29 is 20.1 Å². The Hall–Kier alpha value is -1.39. The van der Waals surface area contributed by atoms with Gasteiger partial charge in [0.05, 0.1) is 11.7 Å². The lowest BCUT2D eigenvalue weighted by molar-refractivity contribution is -0.310. The first-order valence-electron chi connectivity index (χ1n) is 9.61. The Balaban J connectivity index is 1.61. The molecule has 0 bridgehead atoms. The quantitative estimate of drug-likeness (QED) is 0.638. The molecule has 1 aromatic rings. The number of carbonyl (C=O) groups is 1. The van der Waals surface area contributed by atoms with Crippen molar-refractivity contribution in [2.45, 2.75) is 82.3 Å². The normalized spacial score (nSPS) is 24.8. The van der Waals surface area contributed by atoms with Gasteiger partial charge in [0.2, 0.25) is 0 Å². The summed E-state index contributed by atoms with van der Waals surface area (Å²) in [5, 5.41) is 31.3. The molecule has 2 rings (SSSR count). The van der Waals surface area contributed by atoms with Gasteiger partial charge in [-0.05, 0) is 56.4 Å². The molecule has 0 saturated heterocycles. The summed E-state index contributed by atoms with van der Waals surface area (Å²) in [6.45, 7) is 0. The van der Waals surface area contributed by atoms with E-state index in [9.17, 15) is 20.1 Å². The summed E-state index contributed by atoms with van der Waals surface area (Å²) in [5.74, 6) is -0.876.